The topological polar surface area (TPSA) is 49.6 Å². The van der Waals surface area contributed by atoms with E-state index in [1.165, 1.54) is 6.42 Å². The first-order chi connectivity index (χ1) is 10.5. The Bertz CT molecular complexity index is 472. The molecule has 0 bridgehead atoms. The predicted molar refractivity (Wildman–Crippen MR) is 91.9 cm³/mol. The van der Waals surface area contributed by atoms with Gasteiger partial charge in [0.2, 0.25) is 5.91 Å². The van der Waals surface area contributed by atoms with Gasteiger partial charge in [-0.25, -0.2) is 0 Å². The van der Waals surface area contributed by atoms with Crippen LogP contribution in [0.1, 0.15) is 40.0 Å². The normalized spacial score (nSPS) is 20.9. The minimum Gasteiger partial charge on any atom is -0.327 e. The first kappa shape index (κ1) is 17.0. The van der Waals surface area contributed by atoms with E-state index in [1.807, 2.05) is 42.2 Å². The van der Waals surface area contributed by atoms with Gasteiger partial charge in [0.25, 0.3) is 0 Å². The van der Waals surface area contributed by atoms with E-state index in [2.05, 4.69) is 18.7 Å². The Labute approximate surface area is 134 Å². The maximum Gasteiger partial charge on any atom is 0.241 e. The molecule has 1 aliphatic heterocycles. The average molecular weight is 303 g/mol. The SMILES string of the molecule is CC(N)C1CCCCN1CC(=O)N(c1ccccc1)C(C)C. The first-order valence-corrected chi connectivity index (χ1v) is 8.37. The van der Waals surface area contributed by atoms with Gasteiger partial charge in [0, 0.05) is 23.8 Å². The Morgan fingerprint density at radius 3 is 2.55 bits per heavy atom. The second kappa shape index (κ2) is 7.75. The molecular weight excluding hydrogens is 274 g/mol. The number of nitrogens with zero attached hydrogens (tertiary/aromatic N) is 2. The molecule has 2 N–H and O–H groups in total. The Balaban J connectivity index is 2.11. The summed E-state index contributed by atoms with van der Waals surface area (Å²) in [5, 5.41) is 0. The first-order valence-electron chi connectivity index (χ1n) is 8.37. The third kappa shape index (κ3) is 4.08. The summed E-state index contributed by atoms with van der Waals surface area (Å²) in [5.41, 5.74) is 7.08. The zero-order chi connectivity index (χ0) is 16.1. The summed E-state index contributed by atoms with van der Waals surface area (Å²) in [6.45, 7) is 7.59. The molecule has 1 aliphatic rings. The van der Waals surface area contributed by atoms with Gasteiger partial charge in [-0.05, 0) is 52.3 Å². The standard InChI is InChI=1S/C18H29N3O/c1-14(2)21(16-9-5-4-6-10-16)18(22)13-20-12-8-7-11-17(20)15(3)19/h4-6,9-10,14-15,17H,7-8,11-13,19H2,1-3H3. The number of nitrogens with two attached hydrogens (primary N) is 1. The van der Waals surface area contributed by atoms with Crippen LogP contribution >= 0.6 is 0 Å². The highest BCUT2D eigenvalue weighted by Gasteiger charge is 2.29. The molecule has 1 heterocycles. The van der Waals surface area contributed by atoms with Crippen LogP contribution in [0.5, 0.6) is 0 Å². The van der Waals surface area contributed by atoms with Crippen LogP contribution in [0, 0.1) is 0 Å². The molecule has 122 valence electrons. The smallest absolute Gasteiger partial charge is 0.241 e. The monoisotopic (exact) mass is 303 g/mol. The Hall–Kier alpha value is -1.39. The molecule has 1 aromatic carbocycles. The summed E-state index contributed by atoms with van der Waals surface area (Å²) >= 11 is 0. The molecule has 2 rings (SSSR count). The molecule has 4 heteroatoms. The minimum atomic E-state index is 0.109. The number of carbonyl (C=O) groups is 1. The summed E-state index contributed by atoms with van der Waals surface area (Å²) in [6, 6.07) is 10.5. The molecule has 2 atom stereocenters. The third-order valence-electron chi connectivity index (χ3n) is 4.43. The number of piperidine rings is 1. The van der Waals surface area contributed by atoms with Crippen LogP contribution < -0.4 is 10.6 Å². The molecule has 1 amide bonds. The fourth-order valence-corrected chi connectivity index (χ4v) is 3.38. The molecular formula is C18H29N3O. The predicted octanol–water partition coefficient (Wildman–Crippen LogP) is 2.63. The van der Waals surface area contributed by atoms with Gasteiger partial charge in [0.1, 0.15) is 0 Å². The van der Waals surface area contributed by atoms with Gasteiger partial charge < -0.3 is 10.6 Å². The molecule has 0 aromatic heterocycles. The van der Waals surface area contributed by atoms with Crippen molar-refractivity contribution in [2.75, 3.05) is 18.0 Å². The molecule has 0 saturated carbocycles. The highest BCUT2D eigenvalue weighted by Crippen LogP contribution is 2.21. The van der Waals surface area contributed by atoms with Gasteiger partial charge in [0.05, 0.1) is 6.54 Å². The number of likely N-dealkylation sites (tertiary alicyclic amines) is 1. The lowest BCUT2D eigenvalue weighted by atomic mass is 9.97. The van der Waals surface area contributed by atoms with Crippen LogP contribution in [0.3, 0.4) is 0 Å². The van der Waals surface area contributed by atoms with Crippen molar-refractivity contribution in [3.63, 3.8) is 0 Å². The van der Waals surface area contributed by atoms with E-state index in [4.69, 9.17) is 5.73 Å². The number of carbonyl (C=O) groups excluding carboxylic acids is 1. The van der Waals surface area contributed by atoms with E-state index >= 15 is 0 Å². The van der Waals surface area contributed by atoms with Crippen LogP contribution in [-0.2, 0) is 4.79 Å². The molecule has 0 spiro atoms. The quantitative estimate of drug-likeness (QED) is 0.909. The average Bonchev–Trinajstić information content (AvgIpc) is 2.48. The van der Waals surface area contributed by atoms with Crippen LogP contribution in [0.4, 0.5) is 5.69 Å². The molecule has 1 fully saturated rings. The van der Waals surface area contributed by atoms with Crippen molar-refractivity contribution in [2.24, 2.45) is 5.73 Å². The fourth-order valence-electron chi connectivity index (χ4n) is 3.38. The van der Waals surface area contributed by atoms with Crippen molar-refractivity contribution in [1.82, 2.24) is 4.90 Å². The van der Waals surface area contributed by atoms with Crippen molar-refractivity contribution < 1.29 is 4.79 Å². The lowest BCUT2D eigenvalue weighted by Crippen LogP contribution is -2.53. The lowest BCUT2D eigenvalue weighted by molar-refractivity contribution is -0.121. The van der Waals surface area contributed by atoms with Gasteiger partial charge in [0.15, 0.2) is 0 Å². The van der Waals surface area contributed by atoms with E-state index in [0.29, 0.717) is 12.6 Å². The summed E-state index contributed by atoms with van der Waals surface area (Å²) in [5.74, 6) is 0.161. The van der Waals surface area contributed by atoms with E-state index < -0.39 is 0 Å². The largest absolute Gasteiger partial charge is 0.327 e. The van der Waals surface area contributed by atoms with Crippen LogP contribution in [0.25, 0.3) is 0 Å². The molecule has 2 unspecified atom stereocenters. The molecule has 1 saturated heterocycles. The van der Waals surface area contributed by atoms with Gasteiger partial charge in [-0.2, -0.15) is 0 Å². The van der Waals surface area contributed by atoms with Crippen LogP contribution in [0.2, 0.25) is 0 Å². The lowest BCUT2D eigenvalue weighted by Gasteiger charge is -2.39. The highest BCUT2D eigenvalue weighted by molar-refractivity contribution is 5.95. The van der Waals surface area contributed by atoms with Crippen molar-refractivity contribution in [1.29, 1.82) is 0 Å². The molecule has 22 heavy (non-hydrogen) atoms. The van der Waals surface area contributed by atoms with Crippen molar-refractivity contribution in [3.05, 3.63) is 30.3 Å². The highest BCUT2D eigenvalue weighted by atomic mass is 16.2. The summed E-state index contributed by atoms with van der Waals surface area (Å²) in [6.07, 6.45) is 3.46. The zero-order valence-electron chi connectivity index (χ0n) is 14.0. The van der Waals surface area contributed by atoms with E-state index in [1.54, 1.807) is 0 Å². The summed E-state index contributed by atoms with van der Waals surface area (Å²) in [7, 11) is 0. The number of rotatable bonds is 5. The summed E-state index contributed by atoms with van der Waals surface area (Å²) < 4.78 is 0. The minimum absolute atomic E-state index is 0.109. The number of benzene rings is 1. The number of hydrogen-bond donors (Lipinski definition) is 1. The van der Waals surface area contributed by atoms with Gasteiger partial charge in [-0.3, -0.25) is 9.69 Å². The van der Waals surface area contributed by atoms with Gasteiger partial charge in [-0.1, -0.05) is 24.6 Å². The number of para-hydroxylation sites is 1. The van der Waals surface area contributed by atoms with Gasteiger partial charge >= 0.3 is 0 Å². The van der Waals surface area contributed by atoms with Crippen molar-refractivity contribution in [2.45, 2.75) is 58.2 Å². The number of anilines is 1. The van der Waals surface area contributed by atoms with Crippen LogP contribution in [0.15, 0.2) is 30.3 Å². The number of amides is 1. The molecule has 0 radical (unpaired) electrons. The molecule has 1 aromatic rings. The maximum absolute atomic E-state index is 12.9. The van der Waals surface area contributed by atoms with Crippen LogP contribution in [-0.4, -0.2) is 42.0 Å². The summed E-state index contributed by atoms with van der Waals surface area (Å²) in [4.78, 5) is 17.0. The Morgan fingerprint density at radius 1 is 1.27 bits per heavy atom. The van der Waals surface area contributed by atoms with E-state index in [-0.39, 0.29) is 18.0 Å². The zero-order valence-corrected chi connectivity index (χ0v) is 14.0. The molecule has 0 aliphatic carbocycles. The van der Waals surface area contributed by atoms with Crippen molar-refractivity contribution in [3.8, 4) is 0 Å². The van der Waals surface area contributed by atoms with E-state index in [9.17, 15) is 4.79 Å². The fraction of sp³-hybridized carbons (Fsp3) is 0.611. The second-order valence-corrected chi connectivity index (χ2v) is 6.59. The second-order valence-electron chi connectivity index (χ2n) is 6.59. The number of hydrogen-bond acceptors (Lipinski definition) is 3. The Morgan fingerprint density at radius 2 is 1.95 bits per heavy atom. The van der Waals surface area contributed by atoms with Gasteiger partial charge in [-0.15, -0.1) is 0 Å². The van der Waals surface area contributed by atoms with Crippen molar-refractivity contribution >= 4 is 11.6 Å². The maximum atomic E-state index is 12.9. The third-order valence-corrected chi connectivity index (χ3v) is 4.43. The molecule has 4 nitrogen and oxygen atoms in total. The Kier molecular flexibility index (Phi) is 5.98. The van der Waals surface area contributed by atoms with E-state index in [0.717, 1.165) is 25.1 Å².